The smallest absolute Gasteiger partial charge is 0.229 e. The standard InChI is InChI=1S/C25H32O10/c1-4-33-16-11-18(32-3)21(17(27)10-7-14-5-8-15(31-2)9-6-14)19(12-16)34-25-24(30)23(29)22(28)20(13-26)35-25/h5-6,8-9,11-12,20,22-26,28-30H,4,7,10,13H2,1-3H3/t20-,22-,23+,24-,25+/m1/s1. The molecule has 1 aliphatic rings. The third kappa shape index (κ3) is 6.22. The zero-order chi connectivity index (χ0) is 25.5. The molecule has 0 radical (unpaired) electrons. The average Bonchev–Trinajstić information content (AvgIpc) is 2.87. The molecule has 0 unspecified atom stereocenters. The monoisotopic (exact) mass is 492 g/mol. The van der Waals surface area contributed by atoms with Gasteiger partial charge in [-0.25, -0.2) is 0 Å². The Hall–Kier alpha value is -2.89. The van der Waals surface area contributed by atoms with E-state index in [1.54, 1.807) is 20.1 Å². The molecular formula is C25H32O10. The van der Waals surface area contributed by atoms with E-state index in [0.717, 1.165) is 5.56 Å². The summed E-state index contributed by atoms with van der Waals surface area (Å²) in [6, 6.07) is 10.4. The Balaban J connectivity index is 1.90. The van der Waals surface area contributed by atoms with E-state index < -0.39 is 37.3 Å². The lowest BCUT2D eigenvalue weighted by Crippen LogP contribution is -2.60. The highest BCUT2D eigenvalue weighted by Gasteiger charge is 2.45. The first-order chi connectivity index (χ1) is 16.8. The molecule has 5 atom stereocenters. The number of ether oxygens (including phenoxy) is 5. The van der Waals surface area contributed by atoms with E-state index in [9.17, 15) is 25.2 Å². The van der Waals surface area contributed by atoms with E-state index in [-0.39, 0.29) is 29.3 Å². The lowest BCUT2D eigenvalue weighted by atomic mass is 9.99. The molecule has 1 saturated heterocycles. The maximum Gasteiger partial charge on any atom is 0.229 e. The van der Waals surface area contributed by atoms with Gasteiger partial charge in [-0.2, -0.15) is 0 Å². The molecule has 10 nitrogen and oxygen atoms in total. The third-order valence-corrected chi connectivity index (χ3v) is 5.74. The topological polar surface area (TPSA) is 144 Å². The van der Waals surface area contributed by atoms with Gasteiger partial charge in [0.25, 0.3) is 0 Å². The van der Waals surface area contributed by atoms with Crippen LogP contribution in [0.4, 0.5) is 0 Å². The Morgan fingerprint density at radius 3 is 2.23 bits per heavy atom. The second kappa shape index (κ2) is 12.2. The number of carbonyl (C=O) groups is 1. The van der Waals surface area contributed by atoms with Crippen LogP contribution in [0.3, 0.4) is 0 Å². The lowest BCUT2D eigenvalue weighted by molar-refractivity contribution is -0.277. The molecule has 2 aromatic carbocycles. The average molecular weight is 493 g/mol. The maximum atomic E-state index is 13.3. The van der Waals surface area contributed by atoms with Crippen molar-refractivity contribution in [2.75, 3.05) is 27.4 Å². The van der Waals surface area contributed by atoms with E-state index >= 15 is 0 Å². The van der Waals surface area contributed by atoms with Crippen LogP contribution in [0.25, 0.3) is 0 Å². The van der Waals surface area contributed by atoms with Crippen molar-refractivity contribution in [1.29, 1.82) is 0 Å². The molecule has 35 heavy (non-hydrogen) atoms. The fourth-order valence-electron chi connectivity index (χ4n) is 3.81. The minimum Gasteiger partial charge on any atom is -0.497 e. The summed E-state index contributed by atoms with van der Waals surface area (Å²) in [5, 5.41) is 40.0. The fourth-order valence-corrected chi connectivity index (χ4v) is 3.81. The van der Waals surface area contributed by atoms with Crippen molar-refractivity contribution in [2.24, 2.45) is 0 Å². The second-order valence-corrected chi connectivity index (χ2v) is 8.02. The Kier molecular flexibility index (Phi) is 9.30. The first-order valence-electron chi connectivity index (χ1n) is 11.3. The summed E-state index contributed by atoms with van der Waals surface area (Å²) in [5.74, 6) is 0.992. The molecule has 0 amide bonds. The molecule has 0 bridgehead atoms. The number of Topliss-reactive ketones (excluding diaryl/α,β-unsaturated/α-hetero) is 1. The van der Waals surface area contributed by atoms with Crippen molar-refractivity contribution in [2.45, 2.75) is 50.5 Å². The van der Waals surface area contributed by atoms with Gasteiger partial charge < -0.3 is 44.1 Å². The Morgan fingerprint density at radius 1 is 0.943 bits per heavy atom. The van der Waals surface area contributed by atoms with Crippen LogP contribution in [-0.4, -0.2) is 84.3 Å². The molecule has 3 rings (SSSR count). The minimum atomic E-state index is -1.64. The van der Waals surface area contributed by atoms with Gasteiger partial charge in [-0.1, -0.05) is 12.1 Å². The van der Waals surface area contributed by atoms with Crippen molar-refractivity contribution in [1.82, 2.24) is 0 Å². The highest BCUT2D eigenvalue weighted by Crippen LogP contribution is 2.37. The molecule has 1 heterocycles. The number of carbonyl (C=O) groups excluding carboxylic acids is 1. The SMILES string of the molecule is CCOc1cc(OC)c(C(=O)CCc2ccc(OC)cc2)c(O[C@H]2O[C@H](CO)[C@@H](O)[C@H](O)[C@H]2O)c1. The van der Waals surface area contributed by atoms with Gasteiger partial charge in [-0.3, -0.25) is 4.79 Å². The highest BCUT2D eigenvalue weighted by molar-refractivity contribution is 6.01. The number of ketones is 1. The Labute approximate surface area is 203 Å². The van der Waals surface area contributed by atoms with Crippen molar-refractivity contribution < 1.29 is 48.9 Å². The first-order valence-corrected chi connectivity index (χ1v) is 11.3. The van der Waals surface area contributed by atoms with Gasteiger partial charge in [0.05, 0.1) is 27.4 Å². The number of aryl methyl sites for hydroxylation is 1. The van der Waals surface area contributed by atoms with Gasteiger partial charge in [0, 0.05) is 18.6 Å². The highest BCUT2D eigenvalue weighted by atomic mass is 16.7. The molecule has 4 N–H and O–H groups in total. The van der Waals surface area contributed by atoms with Crippen LogP contribution in [0.1, 0.15) is 29.3 Å². The second-order valence-electron chi connectivity index (χ2n) is 8.02. The zero-order valence-corrected chi connectivity index (χ0v) is 19.9. The van der Waals surface area contributed by atoms with Crippen molar-refractivity contribution in [3.63, 3.8) is 0 Å². The summed E-state index contributed by atoms with van der Waals surface area (Å²) >= 11 is 0. The quantitative estimate of drug-likeness (QED) is 0.337. The molecule has 1 fully saturated rings. The third-order valence-electron chi connectivity index (χ3n) is 5.74. The molecule has 1 aliphatic heterocycles. The summed E-state index contributed by atoms with van der Waals surface area (Å²) in [6.07, 6.45) is -6.87. The molecule has 0 aliphatic carbocycles. The number of hydrogen-bond donors (Lipinski definition) is 4. The van der Waals surface area contributed by atoms with Gasteiger partial charge >= 0.3 is 0 Å². The fraction of sp³-hybridized carbons (Fsp3) is 0.480. The van der Waals surface area contributed by atoms with Gasteiger partial charge in [0.15, 0.2) is 5.78 Å². The summed E-state index contributed by atoms with van der Waals surface area (Å²) in [5.41, 5.74) is 1.04. The lowest BCUT2D eigenvalue weighted by Gasteiger charge is -2.39. The number of aliphatic hydroxyl groups excluding tert-OH is 4. The molecular weight excluding hydrogens is 460 g/mol. The first kappa shape index (κ1) is 26.7. The maximum absolute atomic E-state index is 13.3. The summed E-state index contributed by atoms with van der Waals surface area (Å²) in [6.45, 7) is 1.52. The Bertz CT molecular complexity index is 975. The minimum absolute atomic E-state index is 0.0110. The van der Waals surface area contributed by atoms with Gasteiger partial charge in [-0.05, 0) is 31.0 Å². The van der Waals surface area contributed by atoms with Crippen LogP contribution < -0.4 is 18.9 Å². The zero-order valence-electron chi connectivity index (χ0n) is 19.9. The number of rotatable bonds is 11. The van der Waals surface area contributed by atoms with Crippen molar-refractivity contribution in [3.8, 4) is 23.0 Å². The van der Waals surface area contributed by atoms with Gasteiger partial charge in [0.2, 0.25) is 6.29 Å². The predicted octanol–water partition coefficient (Wildman–Crippen LogP) is 1.10. The van der Waals surface area contributed by atoms with Crippen LogP contribution in [0.5, 0.6) is 23.0 Å². The summed E-state index contributed by atoms with van der Waals surface area (Å²) in [4.78, 5) is 13.3. The summed E-state index contributed by atoms with van der Waals surface area (Å²) < 4.78 is 27.4. The van der Waals surface area contributed by atoms with E-state index in [4.69, 9.17) is 23.7 Å². The van der Waals surface area contributed by atoms with E-state index in [1.165, 1.54) is 13.2 Å². The van der Waals surface area contributed by atoms with Gasteiger partial charge in [-0.15, -0.1) is 0 Å². The molecule has 0 spiro atoms. The predicted molar refractivity (Wildman–Crippen MR) is 124 cm³/mol. The molecule has 2 aromatic rings. The number of methoxy groups -OCH3 is 2. The molecule has 0 saturated carbocycles. The van der Waals surface area contributed by atoms with E-state index in [0.29, 0.717) is 24.5 Å². The molecule has 192 valence electrons. The van der Waals surface area contributed by atoms with Crippen molar-refractivity contribution in [3.05, 3.63) is 47.5 Å². The van der Waals surface area contributed by atoms with Crippen LogP contribution in [-0.2, 0) is 11.2 Å². The number of aliphatic hydroxyl groups is 4. The largest absolute Gasteiger partial charge is 0.497 e. The number of hydrogen-bond acceptors (Lipinski definition) is 10. The van der Waals surface area contributed by atoms with E-state index in [2.05, 4.69) is 0 Å². The molecule has 0 aromatic heterocycles. The normalized spacial score (nSPS) is 24.0. The summed E-state index contributed by atoms with van der Waals surface area (Å²) in [7, 11) is 2.98. The molecule has 10 heteroatoms. The van der Waals surface area contributed by atoms with Gasteiger partial charge in [0.1, 0.15) is 53.0 Å². The van der Waals surface area contributed by atoms with Crippen LogP contribution in [0.15, 0.2) is 36.4 Å². The van der Waals surface area contributed by atoms with Crippen LogP contribution >= 0.6 is 0 Å². The van der Waals surface area contributed by atoms with Crippen LogP contribution in [0, 0.1) is 0 Å². The van der Waals surface area contributed by atoms with E-state index in [1.807, 2.05) is 24.3 Å². The number of benzene rings is 2. The van der Waals surface area contributed by atoms with Crippen molar-refractivity contribution >= 4 is 5.78 Å². The van der Waals surface area contributed by atoms with Crippen LogP contribution in [0.2, 0.25) is 0 Å². The Morgan fingerprint density at radius 2 is 1.63 bits per heavy atom.